The maximum atomic E-state index is 12.4. The summed E-state index contributed by atoms with van der Waals surface area (Å²) in [4.78, 5) is 24.8. The predicted molar refractivity (Wildman–Crippen MR) is 99.3 cm³/mol. The lowest BCUT2D eigenvalue weighted by molar-refractivity contribution is -0.271. The Hall–Kier alpha value is -1.96. The van der Waals surface area contributed by atoms with Gasteiger partial charge in [0.05, 0.1) is 32.0 Å². The summed E-state index contributed by atoms with van der Waals surface area (Å²) in [7, 11) is 0. The van der Waals surface area contributed by atoms with Gasteiger partial charge in [-0.05, 0) is 33.1 Å². The van der Waals surface area contributed by atoms with Crippen molar-refractivity contribution in [3.05, 3.63) is 35.9 Å². The largest absolute Gasteiger partial charge is 0.465 e. The highest BCUT2D eigenvalue weighted by Crippen LogP contribution is 2.34. The normalized spacial score (nSPS) is 27.5. The van der Waals surface area contributed by atoms with E-state index in [9.17, 15) is 9.59 Å². The topological polar surface area (TPSA) is 80.3 Å². The summed E-state index contributed by atoms with van der Waals surface area (Å²) >= 11 is 0. The van der Waals surface area contributed by atoms with E-state index in [1.54, 1.807) is 13.8 Å². The minimum absolute atomic E-state index is 0.158. The molecule has 28 heavy (non-hydrogen) atoms. The molecule has 2 unspecified atom stereocenters. The van der Waals surface area contributed by atoms with Gasteiger partial charge in [-0.15, -0.1) is 0 Å². The lowest BCUT2D eigenvalue weighted by Gasteiger charge is -2.37. The van der Waals surface area contributed by atoms with Gasteiger partial charge in [0.1, 0.15) is 6.10 Å². The van der Waals surface area contributed by atoms with E-state index in [0.29, 0.717) is 13.0 Å². The molecule has 154 valence electrons. The first-order valence-electron chi connectivity index (χ1n) is 9.94. The molecule has 0 N–H and O–H groups in total. The number of carbonyl (C=O) groups excluding carboxylic acids is 2. The third-order valence-electron chi connectivity index (χ3n) is 4.98. The average molecular weight is 392 g/mol. The molecule has 4 atom stereocenters. The predicted octanol–water partition coefficient (Wildman–Crippen LogP) is 2.78. The quantitative estimate of drug-likeness (QED) is 0.544. The summed E-state index contributed by atoms with van der Waals surface area (Å²) in [5, 5.41) is 0. The molecule has 1 aromatic rings. The van der Waals surface area contributed by atoms with E-state index in [0.717, 1.165) is 18.4 Å². The molecule has 0 amide bonds. The molecule has 2 saturated heterocycles. The second-order valence-corrected chi connectivity index (χ2v) is 6.88. The number of rotatable bonds is 6. The summed E-state index contributed by atoms with van der Waals surface area (Å²) < 4.78 is 28.3. The molecule has 1 aromatic carbocycles. The molecule has 2 fully saturated rings. The summed E-state index contributed by atoms with van der Waals surface area (Å²) in [5.74, 6) is -2.31. The van der Waals surface area contributed by atoms with Crippen LogP contribution >= 0.6 is 0 Å². The third kappa shape index (κ3) is 4.90. The van der Waals surface area contributed by atoms with E-state index >= 15 is 0 Å². The first kappa shape index (κ1) is 20.8. The molecule has 0 radical (unpaired) electrons. The van der Waals surface area contributed by atoms with Crippen molar-refractivity contribution >= 4 is 11.9 Å². The average Bonchev–Trinajstić information content (AvgIpc) is 2.91. The number of hydrogen-bond acceptors (Lipinski definition) is 7. The van der Waals surface area contributed by atoms with Crippen molar-refractivity contribution in [3.63, 3.8) is 0 Å². The number of benzene rings is 1. The molecular formula is C21H28O7. The Morgan fingerprint density at radius 1 is 1.00 bits per heavy atom. The maximum Gasteiger partial charge on any atom is 0.323 e. The van der Waals surface area contributed by atoms with E-state index in [2.05, 4.69) is 0 Å². The van der Waals surface area contributed by atoms with Gasteiger partial charge in [0.2, 0.25) is 0 Å². The molecule has 0 saturated carbocycles. The lowest BCUT2D eigenvalue weighted by Crippen LogP contribution is -2.46. The Labute approximate surface area is 165 Å². The highest BCUT2D eigenvalue weighted by molar-refractivity contribution is 5.95. The molecular weight excluding hydrogens is 364 g/mol. The van der Waals surface area contributed by atoms with Crippen molar-refractivity contribution in [1.82, 2.24) is 0 Å². The van der Waals surface area contributed by atoms with E-state index in [4.69, 9.17) is 23.7 Å². The van der Waals surface area contributed by atoms with Crippen LogP contribution in [0, 0.1) is 5.92 Å². The fourth-order valence-electron chi connectivity index (χ4n) is 3.66. The molecule has 0 aromatic heterocycles. The van der Waals surface area contributed by atoms with Crippen molar-refractivity contribution in [3.8, 4) is 0 Å². The molecule has 2 aliphatic rings. The minimum Gasteiger partial charge on any atom is -0.465 e. The summed E-state index contributed by atoms with van der Waals surface area (Å²) in [5.41, 5.74) is 0.956. The first-order valence-corrected chi connectivity index (χ1v) is 9.94. The van der Waals surface area contributed by atoms with Gasteiger partial charge in [0.25, 0.3) is 0 Å². The Balaban J connectivity index is 1.69. The van der Waals surface area contributed by atoms with Gasteiger partial charge in [-0.25, -0.2) is 0 Å². The van der Waals surface area contributed by atoms with Crippen LogP contribution in [0.5, 0.6) is 0 Å². The molecule has 0 spiro atoms. The number of hydrogen-bond donors (Lipinski definition) is 0. The van der Waals surface area contributed by atoms with Gasteiger partial charge >= 0.3 is 11.9 Å². The van der Waals surface area contributed by atoms with Gasteiger partial charge in [-0.3, -0.25) is 9.59 Å². The molecule has 0 aliphatic carbocycles. The molecule has 2 heterocycles. The Kier molecular flexibility index (Phi) is 7.42. The number of ether oxygens (including phenoxy) is 5. The standard InChI is InChI=1S/C21H28O7/c1-3-24-19(22)18(20(23)25-4-2)16-12-8-11-15-17(27-16)13-26-21(28-15)14-9-6-5-7-10-14/h5-7,9-10,15-18,21H,3-4,8,11-13H2,1-2H3/t15-,16?,17+,21?/m0/s1. The van der Waals surface area contributed by atoms with Crippen LogP contribution in [0.1, 0.15) is 45.0 Å². The highest BCUT2D eigenvalue weighted by Gasteiger charge is 2.44. The molecule has 2 aliphatic heterocycles. The first-order chi connectivity index (χ1) is 13.6. The van der Waals surface area contributed by atoms with Crippen molar-refractivity contribution < 1.29 is 33.3 Å². The van der Waals surface area contributed by atoms with E-state index in [-0.39, 0.29) is 25.4 Å². The minimum atomic E-state index is -1.09. The Morgan fingerprint density at radius 2 is 1.68 bits per heavy atom. The van der Waals surface area contributed by atoms with Crippen LogP contribution in [0.3, 0.4) is 0 Å². The molecule has 7 nitrogen and oxygen atoms in total. The Morgan fingerprint density at radius 3 is 2.32 bits per heavy atom. The van der Waals surface area contributed by atoms with Crippen molar-refractivity contribution in [2.24, 2.45) is 5.92 Å². The fourth-order valence-corrected chi connectivity index (χ4v) is 3.66. The fraction of sp³-hybridized carbons (Fsp3) is 0.619. The zero-order valence-electron chi connectivity index (χ0n) is 16.4. The SMILES string of the molecule is CCOC(=O)C(C(=O)OCC)C1CCC[C@@H]2OC(c3ccccc3)OC[C@H]2O1. The van der Waals surface area contributed by atoms with Crippen LogP contribution in [-0.4, -0.2) is 50.1 Å². The summed E-state index contributed by atoms with van der Waals surface area (Å²) in [6.45, 7) is 4.13. The second-order valence-electron chi connectivity index (χ2n) is 6.88. The zero-order chi connectivity index (χ0) is 19.9. The van der Waals surface area contributed by atoms with Crippen LogP contribution in [0.4, 0.5) is 0 Å². The smallest absolute Gasteiger partial charge is 0.323 e. The Bertz CT molecular complexity index is 629. The number of carbonyl (C=O) groups is 2. The monoisotopic (exact) mass is 392 g/mol. The second kappa shape index (κ2) is 10.0. The van der Waals surface area contributed by atoms with Gasteiger partial charge in [-0.2, -0.15) is 0 Å². The van der Waals surface area contributed by atoms with E-state index in [1.165, 1.54) is 0 Å². The van der Waals surface area contributed by atoms with Crippen molar-refractivity contribution in [1.29, 1.82) is 0 Å². The maximum absolute atomic E-state index is 12.4. The third-order valence-corrected chi connectivity index (χ3v) is 4.98. The van der Waals surface area contributed by atoms with Crippen LogP contribution in [0.25, 0.3) is 0 Å². The van der Waals surface area contributed by atoms with Crippen molar-refractivity contribution in [2.75, 3.05) is 19.8 Å². The van der Waals surface area contributed by atoms with Gasteiger partial charge in [0.15, 0.2) is 12.2 Å². The van der Waals surface area contributed by atoms with Gasteiger partial charge in [-0.1, -0.05) is 30.3 Å². The molecule has 0 bridgehead atoms. The molecule has 3 rings (SSSR count). The number of fused-ring (bicyclic) bond motifs is 1. The highest BCUT2D eigenvalue weighted by atomic mass is 16.7. The van der Waals surface area contributed by atoms with E-state index in [1.807, 2.05) is 30.3 Å². The van der Waals surface area contributed by atoms with Gasteiger partial charge < -0.3 is 23.7 Å². The van der Waals surface area contributed by atoms with Gasteiger partial charge in [0, 0.05) is 5.56 Å². The van der Waals surface area contributed by atoms with Crippen LogP contribution in [-0.2, 0) is 33.3 Å². The zero-order valence-corrected chi connectivity index (χ0v) is 16.4. The summed E-state index contributed by atoms with van der Waals surface area (Å²) in [6, 6.07) is 9.75. The summed E-state index contributed by atoms with van der Waals surface area (Å²) in [6.07, 6.45) is 0.527. The van der Waals surface area contributed by atoms with E-state index < -0.39 is 30.3 Å². The lowest BCUT2D eigenvalue weighted by atomic mass is 9.97. The van der Waals surface area contributed by atoms with Crippen LogP contribution in [0.2, 0.25) is 0 Å². The molecule has 7 heteroatoms. The number of esters is 2. The van der Waals surface area contributed by atoms with Crippen LogP contribution in [0.15, 0.2) is 30.3 Å². The van der Waals surface area contributed by atoms with Crippen LogP contribution < -0.4 is 0 Å². The van der Waals surface area contributed by atoms with Crippen molar-refractivity contribution in [2.45, 2.75) is 57.7 Å².